The molecule has 0 atom stereocenters. The zero-order chi connectivity index (χ0) is 16.5. The molecule has 0 saturated carbocycles. The van der Waals surface area contributed by atoms with Crippen LogP contribution in [0, 0.1) is 0 Å². The van der Waals surface area contributed by atoms with Crippen molar-refractivity contribution in [3.63, 3.8) is 0 Å². The second-order valence-corrected chi connectivity index (χ2v) is 5.42. The summed E-state index contributed by atoms with van der Waals surface area (Å²) in [5, 5.41) is 2.94. The van der Waals surface area contributed by atoms with Crippen LogP contribution in [-0.2, 0) is 14.3 Å². The average molecular weight is 321 g/mol. The van der Waals surface area contributed by atoms with E-state index in [1.54, 1.807) is 36.5 Å². The Morgan fingerprint density at radius 2 is 2.13 bits per heavy atom. The smallest absolute Gasteiger partial charge is 0.255 e. The van der Waals surface area contributed by atoms with Gasteiger partial charge in [-0.25, -0.2) is 0 Å². The zero-order valence-corrected chi connectivity index (χ0v) is 13.4. The number of methoxy groups -OCH3 is 1. The van der Waals surface area contributed by atoms with Crippen molar-refractivity contribution in [2.24, 2.45) is 0 Å². The highest BCUT2D eigenvalue weighted by Gasteiger charge is 2.24. The van der Waals surface area contributed by atoms with Crippen LogP contribution in [0.3, 0.4) is 0 Å². The third-order valence-electron chi connectivity index (χ3n) is 3.72. The molecule has 1 fully saturated rings. The molecule has 0 aliphatic carbocycles. The van der Waals surface area contributed by atoms with E-state index in [0.29, 0.717) is 31.9 Å². The molecule has 7 heteroatoms. The summed E-state index contributed by atoms with van der Waals surface area (Å²) in [6, 6.07) is 3.61. The normalized spacial score (nSPS) is 15.4. The number of ether oxygens (including phenoxy) is 2. The number of aromatic nitrogens is 1. The van der Waals surface area contributed by atoms with Crippen molar-refractivity contribution in [2.45, 2.75) is 18.9 Å². The molecule has 1 aromatic rings. The van der Waals surface area contributed by atoms with Crippen LogP contribution < -0.4 is 5.32 Å². The van der Waals surface area contributed by atoms with E-state index in [1.807, 2.05) is 0 Å². The van der Waals surface area contributed by atoms with Crippen molar-refractivity contribution < 1.29 is 19.1 Å². The number of piperidine rings is 1. The van der Waals surface area contributed by atoms with Gasteiger partial charge in [-0.1, -0.05) is 0 Å². The maximum atomic E-state index is 12.3. The van der Waals surface area contributed by atoms with Crippen LogP contribution in [0.5, 0.6) is 0 Å². The van der Waals surface area contributed by atoms with E-state index in [9.17, 15) is 9.59 Å². The summed E-state index contributed by atoms with van der Waals surface area (Å²) < 4.78 is 10.0. The van der Waals surface area contributed by atoms with Gasteiger partial charge in [0.1, 0.15) is 6.61 Å². The van der Waals surface area contributed by atoms with Crippen LogP contribution in [0.4, 0.5) is 0 Å². The first kappa shape index (κ1) is 17.4. The number of carbonyl (C=O) groups excluding carboxylic acids is 2. The first-order valence-corrected chi connectivity index (χ1v) is 7.76. The Balaban J connectivity index is 1.69. The highest BCUT2D eigenvalue weighted by atomic mass is 16.5. The largest absolute Gasteiger partial charge is 0.382 e. The molecule has 126 valence electrons. The third-order valence-corrected chi connectivity index (χ3v) is 3.72. The predicted molar refractivity (Wildman–Crippen MR) is 84.0 cm³/mol. The van der Waals surface area contributed by atoms with Crippen molar-refractivity contribution in [2.75, 3.05) is 40.0 Å². The van der Waals surface area contributed by atoms with E-state index in [4.69, 9.17) is 9.47 Å². The molecule has 7 nitrogen and oxygen atoms in total. The molecule has 2 heterocycles. The van der Waals surface area contributed by atoms with Gasteiger partial charge in [0.25, 0.3) is 5.91 Å². The van der Waals surface area contributed by atoms with Crippen molar-refractivity contribution in [3.05, 3.63) is 30.1 Å². The standard InChI is InChI=1S/C16H23N3O4/c1-22-9-10-23-12-15(20)18-14-4-7-19(8-5-14)16(21)13-3-2-6-17-11-13/h2-3,6,11,14H,4-5,7-10,12H2,1H3,(H,18,20). The number of carbonyl (C=O) groups is 2. The first-order chi connectivity index (χ1) is 11.2. The van der Waals surface area contributed by atoms with E-state index in [2.05, 4.69) is 10.3 Å². The van der Waals surface area contributed by atoms with Crippen LogP contribution in [0.2, 0.25) is 0 Å². The lowest BCUT2D eigenvalue weighted by Gasteiger charge is -2.32. The lowest BCUT2D eigenvalue weighted by atomic mass is 10.0. The van der Waals surface area contributed by atoms with Gasteiger partial charge in [-0.3, -0.25) is 14.6 Å². The van der Waals surface area contributed by atoms with Gasteiger partial charge in [0.2, 0.25) is 5.91 Å². The summed E-state index contributed by atoms with van der Waals surface area (Å²) in [6.45, 7) is 2.18. The summed E-state index contributed by atoms with van der Waals surface area (Å²) in [5.41, 5.74) is 0.599. The van der Waals surface area contributed by atoms with E-state index in [1.165, 1.54) is 0 Å². The van der Waals surface area contributed by atoms with E-state index < -0.39 is 0 Å². The number of nitrogens with one attached hydrogen (secondary N) is 1. The van der Waals surface area contributed by atoms with Gasteiger partial charge in [-0.05, 0) is 25.0 Å². The van der Waals surface area contributed by atoms with Crippen LogP contribution in [0.15, 0.2) is 24.5 Å². The zero-order valence-electron chi connectivity index (χ0n) is 13.4. The summed E-state index contributed by atoms with van der Waals surface area (Å²) >= 11 is 0. The van der Waals surface area contributed by atoms with Crippen molar-refractivity contribution in [1.82, 2.24) is 15.2 Å². The van der Waals surface area contributed by atoms with Crippen molar-refractivity contribution in [3.8, 4) is 0 Å². The Labute approximate surface area is 136 Å². The highest BCUT2D eigenvalue weighted by molar-refractivity contribution is 5.93. The van der Waals surface area contributed by atoms with Gasteiger partial charge in [0.05, 0.1) is 18.8 Å². The van der Waals surface area contributed by atoms with Gasteiger partial charge in [0, 0.05) is 38.6 Å². The molecule has 1 N–H and O–H groups in total. The maximum absolute atomic E-state index is 12.3. The molecule has 1 aliphatic rings. The molecule has 1 aliphatic heterocycles. The van der Waals surface area contributed by atoms with E-state index >= 15 is 0 Å². The molecule has 0 unspecified atom stereocenters. The maximum Gasteiger partial charge on any atom is 0.255 e. The number of hydrogen-bond acceptors (Lipinski definition) is 5. The molecule has 2 rings (SSSR count). The first-order valence-electron chi connectivity index (χ1n) is 7.76. The molecule has 2 amide bonds. The highest BCUT2D eigenvalue weighted by Crippen LogP contribution is 2.13. The summed E-state index contributed by atoms with van der Waals surface area (Å²) in [6.07, 6.45) is 4.71. The summed E-state index contributed by atoms with van der Waals surface area (Å²) in [7, 11) is 1.59. The van der Waals surface area contributed by atoms with Gasteiger partial charge in [-0.15, -0.1) is 0 Å². The molecule has 23 heavy (non-hydrogen) atoms. The van der Waals surface area contributed by atoms with Crippen molar-refractivity contribution in [1.29, 1.82) is 0 Å². The lowest BCUT2D eigenvalue weighted by molar-refractivity contribution is -0.127. The number of nitrogens with zero attached hydrogens (tertiary/aromatic N) is 2. The minimum Gasteiger partial charge on any atom is -0.382 e. The second kappa shape index (κ2) is 9.22. The van der Waals surface area contributed by atoms with Gasteiger partial charge in [0.15, 0.2) is 0 Å². The quantitative estimate of drug-likeness (QED) is 0.738. The summed E-state index contributed by atoms with van der Waals surface area (Å²) in [4.78, 5) is 29.8. The fourth-order valence-electron chi connectivity index (χ4n) is 2.48. The number of pyridine rings is 1. The predicted octanol–water partition coefficient (Wildman–Crippen LogP) is 0.465. The lowest BCUT2D eigenvalue weighted by Crippen LogP contribution is -2.47. The molecule has 0 radical (unpaired) electrons. The van der Waals surface area contributed by atoms with E-state index in [-0.39, 0.29) is 24.5 Å². The minimum atomic E-state index is -0.127. The fourth-order valence-corrected chi connectivity index (χ4v) is 2.48. The summed E-state index contributed by atoms with van der Waals surface area (Å²) in [5.74, 6) is -0.135. The SMILES string of the molecule is COCCOCC(=O)NC1CCN(C(=O)c2cccnc2)CC1. The Hall–Kier alpha value is -1.99. The number of likely N-dealkylation sites (tertiary alicyclic amines) is 1. The van der Waals surface area contributed by atoms with Crippen molar-refractivity contribution >= 4 is 11.8 Å². The topological polar surface area (TPSA) is 80.8 Å². The number of amides is 2. The average Bonchev–Trinajstić information content (AvgIpc) is 2.59. The van der Waals surface area contributed by atoms with Gasteiger partial charge < -0.3 is 19.7 Å². The minimum absolute atomic E-state index is 0.00854. The molecular formula is C16H23N3O4. The van der Waals surface area contributed by atoms with Crippen LogP contribution in [0.1, 0.15) is 23.2 Å². The second-order valence-electron chi connectivity index (χ2n) is 5.42. The van der Waals surface area contributed by atoms with Crippen LogP contribution in [0.25, 0.3) is 0 Å². The number of hydrogen-bond donors (Lipinski definition) is 1. The van der Waals surface area contributed by atoms with Gasteiger partial charge >= 0.3 is 0 Å². The monoisotopic (exact) mass is 321 g/mol. The molecule has 0 aromatic carbocycles. The molecule has 1 aromatic heterocycles. The Bertz CT molecular complexity index is 501. The Morgan fingerprint density at radius 3 is 2.78 bits per heavy atom. The fraction of sp³-hybridized carbons (Fsp3) is 0.562. The number of rotatable bonds is 7. The van der Waals surface area contributed by atoms with Crippen LogP contribution >= 0.6 is 0 Å². The molecule has 0 bridgehead atoms. The van der Waals surface area contributed by atoms with Crippen LogP contribution in [-0.4, -0.2) is 67.8 Å². The Morgan fingerprint density at radius 1 is 1.35 bits per heavy atom. The third kappa shape index (κ3) is 5.61. The molecule has 1 saturated heterocycles. The van der Waals surface area contributed by atoms with Gasteiger partial charge in [-0.2, -0.15) is 0 Å². The van der Waals surface area contributed by atoms with E-state index in [0.717, 1.165) is 12.8 Å². The Kier molecular flexibility index (Phi) is 6.96. The molecular weight excluding hydrogens is 298 g/mol. The molecule has 0 spiro atoms.